The largest absolute Gasteiger partial charge is 0.192 e. The Kier molecular flexibility index (Phi) is 2.69. The minimum Gasteiger partial charge on any atom is -0.192 e. The van der Waals surface area contributed by atoms with Crippen molar-refractivity contribution >= 4 is 22.6 Å². The zero-order valence-electron chi connectivity index (χ0n) is 5.34. The predicted octanol–water partition coefficient (Wildman–Crippen LogP) is 2.49. The first kappa shape index (κ1) is 7.55. The van der Waals surface area contributed by atoms with E-state index in [1.165, 1.54) is 5.56 Å². The molecule has 0 bridgehead atoms. The standard InChI is InChI=1S/C8H6IN/c9-5-7-2-1-3-8(4-7)6-10/h1-4H,5H2. The number of benzene rings is 1. The first-order valence-corrected chi connectivity index (χ1v) is 4.44. The topological polar surface area (TPSA) is 23.8 Å². The second kappa shape index (κ2) is 3.57. The van der Waals surface area contributed by atoms with Gasteiger partial charge in [0.1, 0.15) is 0 Å². The Labute approximate surface area is 73.8 Å². The lowest BCUT2D eigenvalue weighted by Gasteiger charge is -1.92. The maximum absolute atomic E-state index is 8.51. The number of nitrogens with zero attached hydrogens (tertiary/aromatic N) is 1. The van der Waals surface area contributed by atoms with E-state index in [-0.39, 0.29) is 0 Å². The van der Waals surface area contributed by atoms with E-state index in [0.717, 1.165) is 9.99 Å². The molecular weight excluding hydrogens is 237 g/mol. The minimum absolute atomic E-state index is 0.745. The molecule has 0 unspecified atom stereocenters. The van der Waals surface area contributed by atoms with Crippen LogP contribution in [0.1, 0.15) is 11.1 Å². The van der Waals surface area contributed by atoms with Crippen LogP contribution in [-0.2, 0) is 4.43 Å². The molecule has 0 saturated carbocycles. The van der Waals surface area contributed by atoms with Crippen molar-refractivity contribution in [3.63, 3.8) is 0 Å². The highest BCUT2D eigenvalue weighted by atomic mass is 127. The third-order valence-corrected chi connectivity index (χ3v) is 2.09. The fourth-order valence-electron chi connectivity index (χ4n) is 0.724. The summed E-state index contributed by atoms with van der Waals surface area (Å²) in [7, 11) is 0. The number of nitriles is 1. The molecule has 0 aliphatic heterocycles. The Bertz CT molecular complexity index is 262. The summed E-state index contributed by atoms with van der Waals surface area (Å²) in [5.74, 6) is 0. The zero-order chi connectivity index (χ0) is 7.40. The molecule has 1 aromatic carbocycles. The zero-order valence-corrected chi connectivity index (χ0v) is 7.50. The molecule has 1 rings (SSSR count). The Morgan fingerprint density at radius 2 is 2.30 bits per heavy atom. The molecule has 0 N–H and O–H groups in total. The van der Waals surface area contributed by atoms with Crippen molar-refractivity contribution in [2.45, 2.75) is 4.43 Å². The van der Waals surface area contributed by atoms with Crippen LogP contribution in [0, 0.1) is 11.3 Å². The molecule has 1 aromatic rings. The summed E-state index contributed by atoms with van der Waals surface area (Å²) in [5, 5.41) is 8.51. The van der Waals surface area contributed by atoms with Gasteiger partial charge in [-0.1, -0.05) is 34.7 Å². The van der Waals surface area contributed by atoms with Gasteiger partial charge in [-0.2, -0.15) is 5.26 Å². The second-order valence-electron chi connectivity index (χ2n) is 1.95. The molecule has 10 heavy (non-hydrogen) atoms. The number of hydrogen-bond donors (Lipinski definition) is 0. The number of halogens is 1. The average molecular weight is 243 g/mol. The maximum Gasteiger partial charge on any atom is 0.0991 e. The summed E-state index contributed by atoms with van der Waals surface area (Å²) in [4.78, 5) is 0. The first-order valence-electron chi connectivity index (χ1n) is 2.92. The summed E-state index contributed by atoms with van der Waals surface area (Å²) in [6, 6.07) is 9.75. The van der Waals surface area contributed by atoms with Gasteiger partial charge < -0.3 is 0 Å². The smallest absolute Gasteiger partial charge is 0.0991 e. The van der Waals surface area contributed by atoms with Crippen LogP contribution in [0.5, 0.6) is 0 Å². The van der Waals surface area contributed by atoms with Gasteiger partial charge in [0, 0.05) is 4.43 Å². The van der Waals surface area contributed by atoms with Crippen LogP contribution in [0.2, 0.25) is 0 Å². The van der Waals surface area contributed by atoms with Gasteiger partial charge in [0.15, 0.2) is 0 Å². The highest BCUT2D eigenvalue weighted by Crippen LogP contribution is 2.07. The van der Waals surface area contributed by atoms with Gasteiger partial charge in [0.05, 0.1) is 11.6 Å². The van der Waals surface area contributed by atoms with Crippen LogP contribution < -0.4 is 0 Å². The summed E-state index contributed by atoms with van der Waals surface area (Å²) in [6.45, 7) is 0. The van der Waals surface area contributed by atoms with E-state index in [1.807, 2.05) is 24.3 Å². The monoisotopic (exact) mass is 243 g/mol. The Balaban J connectivity index is 3.01. The minimum atomic E-state index is 0.745. The normalized spacial score (nSPS) is 8.80. The van der Waals surface area contributed by atoms with Gasteiger partial charge in [-0.25, -0.2) is 0 Å². The van der Waals surface area contributed by atoms with Crippen LogP contribution in [-0.4, -0.2) is 0 Å². The summed E-state index contributed by atoms with van der Waals surface area (Å²) < 4.78 is 0.966. The third kappa shape index (κ3) is 1.71. The molecule has 0 spiro atoms. The lowest BCUT2D eigenvalue weighted by Crippen LogP contribution is -1.78. The fourth-order valence-corrected chi connectivity index (χ4v) is 1.20. The van der Waals surface area contributed by atoms with Gasteiger partial charge in [-0.05, 0) is 17.7 Å². The molecule has 0 aliphatic carbocycles. The van der Waals surface area contributed by atoms with E-state index in [9.17, 15) is 0 Å². The molecule has 0 radical (unpaired) electrons. The lowest BCUT2D eigenvalue weighted by molar-refractivity contribution is 1.41. The van der Waals surface area contributed by atoms with E-state index < -0.39 is 0 Å². The molecule has 0 amide bonds. The van der Waals surface area contributed by atoms with Crippen LogP contribution >= 0.6 is 22.6 Å². The molecule has 50 valence electrons. The summed E-state index contributed by atoms with van der Waals surface area (Å²) >= 11 is 2.28. The lowest BCUT2D eigenvalue weighted by atomic mass is 10.2. The number of hydrogen-bond acceptors (Lipinski definition) is 1. The summed E-state index contributed by atoms with van der Waals surface area (Å²) in [5.41, 5.74) is 1.95. The van der Waals surface area contributed by atoms with Crippen molar-refractivity contribution in [2.24, 2.45) is 0 Å². The van der Waals surface area contributed by atoms with Gasteiger partial charge in [0.25, 0.3) is 0 Å². The Hall–Kier alpha value is -0.560. The van der Waals surface area contributed by atoms with Gasteiger partial charge >= 0.3 is 0 Å². The molecule has 0 saturated heterocycles. The molecule has 1 nitrogen and oxygen atoms in total. The van der Waals surface area contributed by atoms with Crippen LogP contribution in [0.15, 0.2) is 24.3 Å². The van der Waals surface area contributed by atoms with Gasteiger partial charge in [-0.15, -0.1) is 0 Å². The van der Waals surface area contributed by atoms with Crippen molar-refractivity contribution in [3.05, 3.63) is 35.4 Å². The maximum atomic E-state index is 8.51. The second-order valence-corrected chi connectivity index (χ2v) is 2.71. The van der Waals surface area contributed by atoms with Crippen molar-refractivity contribution in [2.75, 3.05) is 0 Å². The SMILES string of the molecule is N#Cc1cccc(CI)c1. The van der Waals surface area contributed by atoms with E-state index in [4.69, 9.17) is 5.26 Å². The van der Waals surface area contributed by atoms with E-state index >= 15 is 0 Å². The van der Waals surface area contributed by atoms with Crippen molar-refractivity contribution < 1.29 is 0 Å². The molecule has 0 heterocycles. The number of rotatable bonds is 1. The highest BCUT2D eigenvalue weighted by Gasteiger charge is 1.90. The Morgan fingerprint density at radius 1 is 1.50 bits per heavy atom. The van der Waals surface area contributed by atoms with E-state index in [2.05, 4.69) is 28.7 Å². The third-order valence-electron chi connectivity index (χ3n) is 1.21. The molecule has 0 fully saturated rings. The summed E-state index contributed by atoms with van der Waals surface area (Å²) in [6.07, 6.45) is 0. The van der Waals surface area contributed by atoms with Crippen LogP contribution in [0.25, 0.3) is 0 Å². The quantitative estimate of drug-likeness (QED) is 0.549. The molecule has 0 atom stereocenters. The fraction of sp³-hybridized carbons (Fsp3) is 0.125. The van der Waals surface area contributed by atoms with Gasteiger partial charge in [-0.3, -0.25) is 0 Å². The first-order chi connectivity index (χ1) is 4.86. The van der Waals surface area contributed by atoms with Crippen molar-refractivity contribution in [1.82, 2.24) is 0 Å². The van der Waals surface area contributed by atoms with Crippen molar-refractivity contribution in [3.8, 4) is 6.07 Å². The van der Waals surface area contributed by atoms with E-state index in [1.54, 1.807) is 0 Å². The van der Waals surface area contributed by atoms with E-state index in [0.29, 0.717) is 0 Å². The number of alkyl halides is 1. The van der Waals surface area contributed by atoms with Crippen LogP contribution in [0.4, 0.5) is 0 Å². The average Bonchev–Trinajstić information content (AvgIpc) is 2.05. The predicted molar refractivity (Wildman–Crippen MR) is 48.9 cm³/mol. The highest BCUT2D eigenvalue weighted by molar-refractivity contribution is 14.1. The Morgan fingerprint density at radius 3 is 2.90 bits per heavy atom. The van der Waals surface area contributed by atoms with Crippen molar-refractivity contribution in [1.29, 1.82) is 5.26 Å². The molecule has 0 aliphatic rings. The molecular formula is C8H6IN. The van der Waals surface area contributed by atoms with Gasteiger partial charge in [0.2, 0.25) is 0 Å². The van der Waals surface area contributed by atoms with Crippen LogP contribution in [0.3, 0.4) is 0 Å². The molecule has 2 heteroatoms. The molecule has 0 aromatic heterocycles.